The van der Waals surface area contributed by atoms with Crippen molar-refractivity contribution in [1.29, 1.82) is 0 Å². The molecule has 0 bridgehead atoms. The van der Waals surface area contributed by atoms with Gasteiger partial charge in [0.15, 0.2) is 5.16 Å². The number of carbonyl (C=O) groups is 1. The zero-order chi connectivity index (χ0) is 20.4. The van der Waals surface area contributed by atoms with Gasteiger partial charge in [-0.05, 0) is 48.9 Å². The van der Waals surface area contributed by atoms with Crippen LogP contribution in [0.5, 0.6) is 5.75 Å². The summed E-state index contributed by atoms with van der Waals surface area (Å²) in [4.78, 5) is 31.8. The molecule has 8 heteroatoms. The molecule has 1 aliphatic rings. The number of nitrogens with zero attached hydrogens (tertiary/aromatic N) is 2. The van der Waals surface area contributed by atoms with E-state index in [-0.39, 0.29) is 17.2 Å². The van der Waals surface area contributed by atoms with Crippen LogP contribution in [0.3, 0.4) is 0 Å². The molecule has 0 spiro atoms. The topological polar surface area (TPSA) is 73.2 Å². The van der Waals surface area contributed by atoms with Crippen LogP contribution in [0.1, 0.15) is 22.4 Å². The van der Waals surface area contributed by atoms with Crippen LogP contribution in [0.15, 0.2) is 34.2 Å². The second kappa shape index (κ2) is 8.59. The Labute approximate surface area is 177 Å². The summed E-state index contributed by atoms with van der Waals surface area (Å²) in [5, 5.41) is 4.30. The summed E-state index contributed by atoms with van der Waals surface area (Å²) in [5.41, 5.74) is 2.32. The van der Waals surface area contributed by atoms with Crippen molar-refractivity contribution in [3.8, 4) is 5.75 Å². The van der Waals surface area contributed by atoms with E-state index < -0.39 is 0 Å². The van der Waals surface area contributed by atoms with Gasteiger partial charge in [0.1, 0.15) is 10.6 Å². The summed E-state index contributed by atoms with van der Waals surface area (Å²) >= 11 is 2.93. The van der Waals surface area contributed by atoms with Gasteiger partial charge in [-0.1, -0.05) is 23.9 Å². The fourth-order valence-electron chi connectivity index (χ4n) is 3.55. The van der Waals surface area contributed by atoms with Gasteiger partial charge in [-0.2, -0.15) is 0 Å². The average Bonchev–Trinajstić information content (AvgIpc) is 3.31. The number of carbonyl (C=O) groups excluding carboxylic acids is 1. The molecule has 29 heavy (non-hydrogen) atoms. The van der Waals surface area contributed by atoms with Crippen LogP contribution in [0.25, 0.3) is 10.2 Å². The minimum absolute atomic E-state index is 0.00295. The minimum Gasteiger partial charge on any atom is -0.497 e. The largest absolute Gasteiger partial charge is 0.497 e. The lowest BCUT2D eigenvalue weighted by Crippen LogP contribution is -2.28. The number of benzene rings is 1. The zero-order valence-electron chi connectivity index (χ0n) is 16.5. The number of amides is 1. The molecule has 1 N–H and O–H groups in total. The van der Waals surface area contributed by atoms with E-state index in [4.69, 9.17) is 4.74 Å². The van der Waals surface area contributed by atoms with Crippen molar-refractivity contribution in [2.75, 3.05) is 19.4 Å². The maximum absolute atomic E-state index is 12.8. The van der Waals surface area contributed by atoms with Crippen LogP contribution in [0.4, 0.5) is 0 Å². The maximum atomic E-state index is 12.8. The highest BCUT2D eigenvalue weighted by atomic mass is 32.2. The molecule has 3 aromatic rings. The highest BCUT2D eigenvalue weighted by Crippen LogP contribution is 2.35. The first-order valence-corrected chi connectivity index (χ1v) is 11.4. The number of fused-ring (bicyclic) bond motifs is 3. The smallest absolute Gasteiger partial charge is 0.262 e. The van der Waals surface area contributed by atoms with Gasteiger partial charge in [0, 0.05) is 18.5 Å². The second-order valence-electron chi connectivity index (χ2n) is 7.03. The van der Waals surface area contributed by atoms with Gasteiger partial charge in [-0.25, -0.2) is 4.98 Å². The highest BCUT2D eigenvalue weighted by Gasteiger charge is 2.22. The molecule has 2 aromatic heterocycles. The zero-order valence-corrected chi connectivity index (χ0v) is 18.1. The number of ether oxygens (including phenoxy) is 1. The van der Waals surface area contributed by atoms with E-state index in [0.29, 0.717) is 11.7 Å². The number of aryl methyl sites for hydroxylation is 2. The third kappa shape index (κ3) is 4.18. The van der Waals surface area contributed by atoms with E-state index in [1.54, 1.807) is 30.1 Å². The summed E-state index contributed by atoms with van der Waals surface area (Å²) in [6.07, 6.45) is 3.88. The summed E-state index contributed by atoms with van der Waals surface area (Å²) in [5.74, 6) is 0.992. The molecule has 0 radical (unpaired) electrons. The molecule has 0 saturated carbocycles. The molecule has 6 nitrogen and oxygen atoms in total. The number of aromatic nitrogens is 2. The lowest BCUT2D eigenvalue weighted by molar-refractivity contribution is -0.118. The maximum Gasteiger partial charge on any atom is 0.262 e. The molecule has 0 saturated heterocycles. The summed E-state index contributed by atoms with van der Waals surface area (Å²) in [6, 6.07) is 7.81. The Hall–Kier alpha value is -2.32. The third-order valence-corrected chi connectivity index (χ3v) is 7.35. The first-order chi connectivity index (χ1) is 14.1. The molecule has 1 amide bonds. The molecule has 4 rings (SSSR count). The van der Waals surface area contributed by atoms with Gasteiger partial charge < -0.3 is 10.1 Å². The van der Waals surface area contributed by atoms with E-state index in [0.717, 1.165) is 47.2 Å². The van der Waals surface area contributed by atoms with E-state index >= 15 is 0 Å². The summed E-state index contributed by atoms with van der Waals surface area (Å²) in [6.45, 7) is 0.564. The van der Waals surface area contributed by atoms with Crippen molar-refractivity contribution >= 4 is 39.2 Å². The van der Waals surface area contributed by atoms with Gasteiger partial charge in [0.25, 0.3) is 5.56 Å². The first-order valence-electron chi connectivity index (χ1n) is 9.60. The number of methoxy groups -OCH3 is 1. The predicted molar refractivity (Wildman–Crippen MR) is 117 cm³/mol. The SMILES string of the molecule is COc1ccc(CCNC(=O)CSc2nc3sc4c(c3c(=O)n2C)CCC4)cc1. The van der Waals surface area contributed by atoms with Crippen LogP contribution in [0, 0.1) is 0 Å². The Morgan fingerprint density at radius 1 is 1.31 bits per heavy atom. The van der Waals surface area contributed by atoms with E-state index in [2.05, 4.69) is 10.3 Å². The van der Waals surface area contributed by atoms with Crippen LogP contribution < -0.4 is 15.6 Å². The number of rotatable bonds is 7. The Kier molecular flexibility index (Phi) is 5.91. The third-order valence-electron chi connectivity index (χ3n) is 5.13. The fraction of sp³-hybridized carbons (Fsp3) is 0.381. The molecule has 1 aromatic carbocycles. The minimum atomic E-state index is -0.0634. The van der Waals surface area contributed by atoms with Gasteiger partial charge in [-0.15, -0.1) is 11.3 Å². The molecule has 0 atom stereocenters. The molecular formula is C21H23N3O3S2. The van der Waals surface area contributed by atoms with Crippen molar-refractivity contribution in [2.45, 2.75) is 30.8 Å². The molecule has 152 valence electrons. The molecule has 0 aliphatic heterocycles. The van der Waals surface area contributed by atoms with Gasteiger partial charge in [-0.3, -0.25) is 14.2 Å². The van der Waals surface area contributed by atoms with Gasteiger partial charge in [0.05, 0.1) is 18.2 Å². The standard InChI is InChI=1S/C21H23N3O3S2/c1-24-20(26)18-15-4-3-5-16(15)29-19(18)23-21(24)28-12-17(25)22-11-10-13-6-8-14(27-2)9-7-13/h6-9H,3-5,10-12H2,1-2H3,(H,22,25). The lowest BCUT2D eigenvalue weighted by atomic mass is 10.1. The normalized spacial score (nSPS) is 12.9. The molecule has 2 heterocycles. The van der Waals surface area contributed by atoms with Crippen molar-refractivity contribution in [3.63, 3.8) is 0 Å². The quantitative estimate of drug-likeness (QED) is 0.462. The highest BCUT2D eigenvalue weighted by molar-refractivity contribution is 7.99. The van der Waals surface area contributed by atoms with Crippen LogP contribution in [-0.2, 0) is 31.1 Å². The summed E-state index contributed by atoms with van der Waals surface area (Å²) < 4.78 is 6.72. The lowest BCUT2D eigenvalue weighted by Gasteiger charge is -2.08. The van der Waals surface area contributed by atoms with Crippen molar-refractivity contribution in [1.82, 2.24) is 14.9 Å². The predicted octanol–water partition coefficient (Wildman–Crippen LogP) is 2.94. The molecule has 0 unspecified atom stereocenters. The van der Waals surface area contributed by atoms with Crippen molar-refractivity contribution in [3.05, 3.63) is 50.6 Å². The summed E-state index contributed by atoms with van der Waals surface area (Å²) in [7, 11) is 3.37. The Balaban J connectivity index is 1.34. The first kappa shape index (κ1) is 20.0. The van der Waals surface area contributed by atoms with Crippen molar-refractivity contribution < 1.29 is 9.53 Å². The fourth-order valence-corrected chi connectivity index (χ4v) is 5.66. The molecule has 1 aliphatic carbocycles. The Morgan fingerprint density at radius 2 is 2.10 bits per heavy atom. The molecule has 0 fully saturated rings. The van der Waals surface area contributed by atoms with E-state index in [9.17, 15) is 9.59 Å². The number of hydrogen-bond donors (Lipinski definition) is 1. The molecular weight excluding hydrogens is 406 g/mol. The Morgan fingerprint density at radius 3 is 2.86 bits per heavy atom. The Bertz CT molecular complexity index is 1100. The van der Waals surface area contributed by atoms with Crippen LogP contribution in [-0.4, -0.2) is 34.9 Å². The van der Waals surface area contributed by atoms with Crippen LogP contribution >= 0.6 is 23.1 Å². The van der Waals surface area contributed by atoms with E-state index in [1.807, 2.05) is 24.3 Å². The van der Waals surface area contributed by atoms with Gasteiger partial charge in [0.2, 0.25) is 5.91 Å². The number of thioether (sulfide) groups is 1. The monoisotopic (exact) mass is 429 g/mol. The average molecular weight is 430 g/mol. The van der Waals surface area contributed by atoms with E-state index in [1.165, 1.54) is 22.2 Å². The van der Waals surface area contributed by atoms with Gasteiger partial charge >= 0.3 is 0 Å². The van der Waals surface area contributed by atoms with Crippen LogP contribution in [0.2, 0.25) is 0 Å². The number of thiophene rings is 1. The van der Waals surface area contributed by atoms with Crippen molar-refractivity contribution in [2.24, 2.45) is 7.05 Å². The number of nitrogens with one attached hydrogen (secondary N) is 1. The number of hydrogen-bond acceptors (Lipinski definition) is 6. The second-order valence-corrected chi connectivity index (χ2v) is 9.06.